The lowest BCUT2D eigenvalue weighted by molar-refractivity contribution is 0.00633. The predicted molar refractivity (Wildman–Crippen MR) is 93.9 cm³/mol. The van der Waals surface area contributed by atoms with Gasteiger partial charge in [0.2, 0.25) is 0 Å². The minimum Gasteiger partial charge on any atom is -0.472 e. The van der Waals surface area contributed by atoms with E-state index in [4.69, 9.17) is 13.9 Å². The summed E-state index contributed by atoms with van der Waals surface area (Å²) in [4.78, 5) is 6.55. The van der Waals surface area contributed by atoms with E-state index in [1.165, 1.54) is 18.4 Å². The third kappa shape index (κ3) is 4.29. The quantitative estimate of drug-likeness (QED) is 0.806. The number of pyridine rings is 1. The van der Waals surface area contributed by atoms with Gasteiger partial charge in [0, 0.05) is 24.5 Å². The molecule has 1 spiro atoms. The van der Waals surface area contributed by atoms with Crippen LogP contribution in [0.5, 0.6) is 0 Å². The van der Waals surface area contributed by atoms with Crippen LogP contribution in [0.15, 0.2) is 47.5 Å². The maximum Gasteiger partial charge on any atom is 0.0947 e. The Morgan fingerprint density at radius 1 is 1.16 bits per heavy atom. The molecule has 2 aliphatic rings. The Labute approximate surface area is 148 Å². The van der Waals surface area contributed by atoms with Crippen LogP contribution in [0.2, 0.25) is 0 Å². The molecule has 4 rings (SSSR count). The Balaban J connectivity index is 1.20. The third-order valence-electron chi connectivity index (χ3n) is 5.51. The largest absolute Gasteiger partial charge is 0.472 e. The van der Waals surface area contributed by atoms with Gasteiger partial charge >= 0.3 is 0 Å². The molecule has 134 valence electrons. The average molecular weight is 342 g/mol. The molecule has 4 heterocycles. The molecule has 2 aliphatic heterocycles. The maximum absolute atomic E-state index is 6.05. The molecule has 2 fully saturated rings. The van der Waals surface area contributed by atoms with Gasteiger partial charge in [0.25, 0.3) is 0 Å². The third-order valence-corrected chi connectivity index (χ3v) is 5.51. The normalized spacial score (nSPS) is 23.3. The minimum absolute atomic E-state index is 0.238. The van der Waals surface area contributed by atoms with Crippen molar-refractivity contribution < 1.29 is 13.9 Å². The highest BCUT2D eigenvalue weighted by Gasteiger charge is 2.42. The zero-order valence-electron chi connectivity index (χ0n) is 14.6. The summed E-state index contributed by atoms with van der Waals surface area (Å²) in [5.74, 6) is 0. The number of furan rings is 1. The van der Waals surface area contributed by atoms with Gasteiger partial charge in [0.1, 0.15) is 0 Å². The van der Waals surface area contributed by atoms with Gasteiger partial charge in [-0.3, -0.25) is 9.88 Å². The first kappa shape index (κ1) is 16.8. The second-order valence-electron chi connectivity index (χ2n) is 7.42. The lowest BCUT2D eigenvalue weighted by atomic mass is 9.76. The molecule has 2 saturated heterocycles. The Morgan fingerprint density at radius 2 is 2.00 bits per heavy atom. The summed E-state index contributed by atoms with van der Waals surface area (Å²) in [6, 6.07) is 6.04. The number of piperidine rings is 1. The fraction of sp³-hybridized carbons (Fsp3) is 0.550. The first-order chi connectivity index (χ1) is 12.3. The first-order valence-corrected chi connectivity index (χ1v) is 9.13. The standard InChI is InChI=1S/C20H26N2O3/c1-6-21-7-2-17(1)13-24-15-19-11-20(16-25-19)4-8-22(9-5-20)12-18-3-10-23-14-18/h1-3,6-7,10,14,19H,4-5,8-9,11-13,15-16H2. The van der Waals surface area contributed by atoms with Crippen LogP contribution in [-0.2, 0) is 22.6 Å². The highest BCUT2D eigenvalue weighted by atomic mass is 16.5. The van der Waals surface area contributed by atoms with Crippen LogP contribution in [0.1, 0.15) is 30.4 Å². The molecule has 25 heavy (non-hydrogen) atoms. The molecule has 0 saturated carbocycles. The summed E-state index contributed by atoms with van der Waals surface area (Å²) in [5.41, 5.74) is 2.79. The molecule has 0 N–H and O–H groups in total. The van der Waals surface area contributed by atoms with Crippen LogP contribution in [0.25, 0.3) is 0 Å². The van der Waals surface area contributed by atoms with E-state index < -0.39 is 0 Å². The van der Waals surface area contributed by atoms with Gasteiger partial charge in [-0.2, -0.15) is 0 Å². The average Bonchev–Trinajstić information content (AvgIpc) is 3.29. The summed E-state index contributed by atoms with van der Waals surface area (Å²) in [6.07, 6.45) is 11.0. The van der Waals surface area contributed by atoms with Gasteiger partial charge in [-0.15, -0.1) is 0 Å². The van der Waals surface area contributed by atoms with Crippen molar-refractivity contribution in [1.29, 1.82) is 0 Å². The van der Waals surface area contributed by atoms with Crippen LogP contribution in [0, 0.1) is 5.41 Å². The number of rotatable bonds is 6. The Bertz CT molecular complexity index is 636. The summed E-state index contributed by atoms with van der Waals surface area (Å²) in [5, 5.41) is 0. The molecule has 0 bridgehead atoms. The minimum atomic E-state index is 0.238. The lowest BCUT2D eigenvalue weighted by Crippen LogP contribution is -2.40. The SMILES string of the molecule is c1cc(COCC2CC3(CCN(Cc4ccoc4)CC3)CO2)ccn1. The Hall–Kier alpha value is -1.69. The first-order valence-electron chi connectivity index (χ1n) is 9.13. The molecule has 0 aromatic carbocycles. The Kier molecular flexibility index (Phi) is 5.15. The molecule has 5 heteroatoms. The van der Waals surface area contributed by atoms with E-state index >= 15 is 0 Å². The molecule has 0 radical (unpaired) electrons. The highest BCUT2D eigenvalue weighted by Crippen LogP contribution is 2.42. The van der Waals surface area contributed by atoms with Gasteiger partial charge in [0.05, 0.1) is 38.5 Å². The number of hydrogen-bond acceptors (Lipinski definition) is 5. The highest BCUT2D eigenvalue weighted by molar-refractivity contribution is 5.08. The molecular weight excluding hydrogens is 316 g/mol. The van der Waals surface area contributed by atoms with Crippen molar-refractivity contribution in [3.05, 3.63) is 54.2 Å². The fourth-order valence-electron chi connectivity index (χ4n) is 3.96. The van der Waals surface area contributed by atoms with E-state index in [-0.39, 0.29) is 6.10 Å². The molecule has 0 amide bonds. The van der Waals surface area contributed by atoms with E-state index in [9.17, 15) is 0 Å². The zero-order chi connectivity index (χ0) is 17.0. The van der Waals surface area contributed by atoms with Gasteiger partial charge in [0.15, 0.2) is 0 Å². The number of ether oxygens (including phenoxy) is 2. The monoisotopic (exact) mass is 342 g/mol. The molecular formula is C20H26N2O3. The topological polar surface area (TPSA) is 47.7 Å². The smallest absolute Gasteiger partial charge is 0.0947 e. The molecule has 1 unspecified atom stereocenters. The molecule has 2 aromatic heterocycles. The van der Waals surface area contributed by atoms with Gasteiger partial charge in [-0.25, -0.2) is 0 Å². The summed E-state index contributed by atoms with van der Waals surface area (Å²) < 4.78 is 17.1. The summed E-state index contributed by atoms with van der Waals surface area (Å²) in [7, 11) is 0. The van der Waals surface area contributed by atoms with E-state index in [2.05, 4.69) is 16.0 Å². The van der Waals surface area contributed by atoms with Crippen LogP contribution < -0.4 is 0 Å². The van der Waals surface area contributed by atoms with Crippen LogP contribution >= 0.6 is 0 Å². The van der Waals surface area contributed by atoms with Gasteiger partial charge in [-0.05, 0) is 61.5 Å². The maximum atomic E-state index is 6.05. The van der Waals surface area contributed by atoms with Crippen LogP contribution in [-0.4, -0.2) is 42.3 Å². The van der Waals surface area contributed by atoms with Crippen molar-refractivity contribution in [1.82, 2.24) is 9.88 Å². The second kappa shape index (κ2) is 7.68. The van der Waals surface area contributed by atoms with Gasteiger partial charge < -0.3 is 13.9 Å². The predicted octanol–water partition coefficient (Wildman–Crippen LogP) is 3.26. The van der Waals surface area contributed by atoms with Crippen molar-refractivity contribution in [2.24, 2.45) is 5.41 Å². The van der Waals surface area contributed by atoms with Crippen molar-refractivity contribution in [3.8, 4) is 0 Å². The van der Waals surface area contributed by atoms with E-state index in [1.54, 1.807) is 18.7 Å². The van der Waals surface area contributed by atoms with Crippen molar-refractivity contribution >= 4 is 0 Å². The van der Waals surface area contributed by atoms with E-state index in [1.807, 2.05) is 18.4 Å². The fourth-order valence-corrected chi connectivity index (χ4v) is 3.96. The molecule has 5 nitrogen and oxygen atoms in total. The molecule has 2 aromatic rings. The molecule has 0 aliphatic carbocycles. The number of nitrogens with zero attached hydrogens (tertiary/aromatic N) is 2. The van der Waals surface area contributed by atoms with Crippen molar-refractivity contribution in [2.75, 3.05) is 26.3 Å². The van der Waals surface area contributed by atoms with E-state index in [0.29, 0.717) is 18.6 Å². The summed E-state index contributed by atoms with van der Waals surface area (Å²) >= 11 is 0. The Morgan fingerprint density at radius 3 is 2.76 bits per heavy atom. The number of hydrogen-bond donors (Lipinski definition) is 0. The zero-order valence-corrected chi connectivity index (χ0v) is 14.6. The number of likely N-dealkylation sites (tertiary alicyclic amines) is 1. The van der Waals surface area contributed by atoms with Crippen molar-refractivity contribution in [2.45, 2.75) is 38.5 Å². The van der Waals surface area contributed by atoms with Crippen LogP contribution in [0.3, 0.4) is 0 Å². The van der Waals surface area contributed by atoms with Crippen LogP contribution in [0.4, 0.5) is 0 Å². The van der Waals surface area contributed by atoms with E-state index in [0.717, 1.165) is 38.2 Å². The van der Waals surface area contributed by atoms with Crippen molar-refractivity contribution in [3.63, 3.8) is 0 Å². The summed E-state index contributed by atoms with van der Waals surface area (Å²) in [6.45, 7) is 5.47. The number of aromatic nitrogens is 1. The van der Waals surface area contributed by atoms with Gasteiger partial charge in [-0.1, -0.05) is 0 Å². The second-order valence-corrected chi connectivity index (χ2v) is 7.42. The lowest BCUT2D eigenvalue weighted by Gasteiger charge is -2.38. The molecule has 1 atom stereocenters.